The van der Waals surface area contributed by atoms with Crippen molar-refractivity contribution in [3.63, 3.8) is 0 Å². The number of ether oxygens (including phenoxy) is 1. The van der Waals surface area contributed by atoms with E-state index < -0.39 is 0 Å². The Hall–Kier alpha value is -1.13. The zero-order chi connectivity index (χ0) is 13.5. The summed E-state index contributed by atoms with van der Waals surface area (Å²) >= 11 is 0. The molecule has 0 saturated heterocycles. The highest BCUT2D eigenvalue weighted by atomic mass is 19.1. The van der Waals surface area contributed by atoms with Crippen LogP contribution in [0.4, 0.5) is 10.1 Å². The van der Waals surface area contributed by atoms with Gasteiger partial charge in [-0.2, -0.15) is 0 Å². The van der Waals surface area contributed by atoms with Crippen molar-refractivity contribution in [2.24, 2.45) is 5.73 Å². The molecule has 0 aliphatic carbocycles. The van der Waals surface area contributed by atoms with E-state index in [2.05, 4.69) is 0 Å². The number of benzene rings is 1. The number of likely N-dealkylation sites (N-methyl/N-ethyl adjacent to an activating group) is 1. The summed E-state index contributed by atoms with van der Waals surface area (Å²) in [6.07, 6.45) is 0. The minimum absolute atomic E-state index is 0.183. The molecule has 102 valence electrons. The van der Waals surface area contributed by atoms with E-state index in [0.717, 1.165) is 12.1 Å². The SMILES string of the molecule is CCOCCN(CC)c1c(F)cccc1[C@@H](C)N. The minimum atomic E-state index is -0.219. The van der Waals surface area contributed by atoms with E-state index in [1.54, 1.807) is 6.07 Å². The van der Waals surface area contributed by atoms with Crippen LogP contribution in [0.25, 0.3) is 0 Å². The monoisotopic (exact) mass is 254 g/mol. The number of hydrogen-bond acceptors (Lipinski definition) is 3. The lowest BCUT2D eigenvalue weighted by atomic mass is 10.1. The molecule has 0 saturated carbocycles. The Morgan fingerprint density at radius 1 is 1.39 bits per heavy atom. The van der Waals surface area contributed by atoms with Crippen molar-refractivity contribution in [1.29, 1.82) is 0 Å². The molecule has 0 aromatic heterocycles. The van der Waals surface area contributed by atoms with Gasteiger partial charge in [0, 0.05) is 25.7 Å². The van der Waals surface area contributed by atoms with Gasteiger partial charge in [-0.3, -0.25) is 0 Å². The molecular formula is C14H23FN2O. The van der Waals surface area contributed by atoms with Gasteiger partial charge >= 0.3 is 0 Å². The summed E-state index contributed by atoms with van der Waals surface area (Å²) < 4.78 is 19.4. The Balaban J connectivity index is 2.96. The molecule has 0 amide bonds. The Labute approximate surface area is 109 Å². The Morgan fingerprint density at radius 3 is 2.67 bits per heavy atom. The van der Waals surface area contributed by atoms with Gasteiger partial charge in [-0.1, -0.05) is 12.1 Å². The average Bonchev–Trinajstić information content (AvgIpc) is 2.35. The Morgan fingerprint density at radius 2 is 2.11 bits per heavy atom. The molecule has 0 bridgehead atoms. The highest BCUT2D eigenvalue weighted by Gasteiger charge is 2.16. The summed E-state index contributed by atoms with van der Waals surface area (Å²) in [5, 5.41) is 0. The number of para-hydroxylation sites is 1. The van der Waals surface area contributed by atoms with Gasteiger partial charge in [0.1, 0.15) is 5.82 Å². The van der Waals surface area contributed by atoms with Crippen molar-refractivity contribution in [1.82, 2.24) is 0 Å². The smallest absolute Gasteiger partial charge is 0.146 e. The number of nitrogens with two attached hydrogens (primary N) is 1. The molecular weight excluding hydrogens is 231 g/mol. The third-order valence-corrected chi connectivity index (χ3v) is 2.92. The largest absolute Gasteiger partial charge is 0.380 e. The van der Waals surface area contributed by atoms with E-state index in [1.165, 1.54) is 6.07 Å². The first-order valence-electron chi connectivity index (χ1n) is 6.48. The maximum absolute atomic E-state index is 14.0. The molecule has 0 fully saturated rings. The zero-order valence-corrected chi connectivity index (χ0v) is 11.4. The number of hydrogen-bond donors (Lipinski definition) is 1. The topological polar surface area (TPSA) is 38.5 Å². The van der Waals surface area contributed by atoms with Crippen molar-refractivity contribution in [2.45, 2.75) is 26.8 Å². The van der Waals surface area contributed by atoms with Gasteiger partial charge in [0.05, 0.1) is 12.3 Å². The fourth-order valence-electron chi connectivity index (χ4n) is 1.98. The van der Waals surface area contributed by atoms with Crippen molar-refractivity contribution < 1.29 is 9.13 Å². The standard InChI is InChI=1S/C14H23FN2O/c1-4-17(9-10-18-5-2)14-12(11(3)16)7-6-8-13(14)15/h6-8,11H,4-5,9-10,16H2,1-3H3/t11-/m1/s1. The van der Waals surface area contributed by atoms with Crippen LogP contribution in [-0.4, -0.2) is 26.3 Å². The Bertz CT molecular complexity index is 369. The molecule has 2 N–H and O–H groups in total. The van der Waals surface area contributed by atoms with E-state index in [4.69, 9.17) is 10.5 Å². The van der Waals surface area contributed by atoms with Crippen LogP contribution in [0.5, 0.6) is 0 Å². The molecule has 3 nitrogen and oxygen atoms in total. The normalized spacial score (nSPS) is 12.5. The molecule has 4 heteroatoms. The molecule has 1 aromatic rings. The highest BCUT2D eigenvalue weighted by Crippen LogP contribution is 2.28. The zero-order valence-electron chi connectivity index (χ0n) is 11.4. The minimum Gasteiger partial charge on any atom is -0.380 e. The van der Waals surface area contributed by atoms with Crippen LogP contribution in [0, 0.1) is 5.82 Å². The molecule has 0 spiro atoms. The van der Waals surface area contributed by atoms with Gasteiger partial charge in [0.25, 0.3) is 0 Å². The van der Waals surface area contributed by atoms with Crippen LogP contribution in [0.3, 0.4) is 0 Å². The first kappa shape index (κ1) is 14.9. The lowest BCUT2D eigenvalue weighted by molar-refractivity contribution is 0.154. The van der Waals surface area contributed by atoms with Gasteiger partial charge in [0.2, 0.25) is 0 Å². The summed E-state index contributed by atoms with van der Waals surface area (Å²) in [6.45, 7) is 8.50. The number of nitrogens with zero attached hydrogens (tertiary/aromatic N) is 1. The number of anilines is 1. The van der Waals surface area contributed by atoms with E-state index in [0.29, 0.717) is 25.4 Å². The van der Waals surface area contributed by atoms with Crippen LogP contribution in [0.15, 0.2) is 18.2 Å². The fourth-order valence-corrected chi connectivity index (χ4v) is 1.98. The van der Waals surface area contributed by atoms with E-state index in [1.807, 2.05) is 31.7 Å². The third-order valence-electron chi connectivity index (χ3n) is 2.92. The molecule has 0 aliphatic heterocycles. The van der Waals surface area contributed by atoms with Crippen LogP contribution in [-0.2, 0) is 4.74 Å². The molecule has 0 radical (unpaired) electrons. The van der Waals surface area contributed by atoms with Crippen LogP contribution < -0.4 is 10.6 Å². The van der Waals surface area contributed by atoms with Gasteiger partial charge in [-0.25, -0.2) is 4.39 Å². The van der Waals surface area contributed by atoms with Crippen LogP contribution in [0.2, 0.25) is 0 Å². The first-order chi connectivity index (χ1) is 8.61. The molecule has 1 atom stereocenters. The summed E-state index contributed by atoms with van der Waals surface area (Å²) in [7, 11) is 0. The van der Waals surface area contributed by atoms with Crippen molar-refractivity contribution >= 4 is 5.69 Å². The second kappa shape index (κ2) is 7.34. The number of halogens is 1. The van der Waals surface area contributed by atoms with Gasteiger partial charge in [-0.15, -0.1) is 0 Å². The van der Waals surface area contributed by atoms with Gasteiger partial charge in [0.15, 0.2) is 0 Å². The van der Waals surface area contributed by atoms with E-state index in [-0.39, 0.29) is 11.9 Å². The van der Waals surface area contributed by atoms with Crippen molar-refractivity contribution in [2.75, 3.05) is 31.2 Å². The molecule has 1 rings (SSSR count). The highest BCUT2D eigenvalue weighted by molar-refractivity contribution is 5.56. The second-order valence-electron chi connectivity index (χ2n) is 4.24. The molecule has 0 heterocycles. The van der Waals surface area contributed by atoms with Crippen LogP contribution >= 0.6 is 0 Å². The van der Waals surface area contributed by atoms with Crippen molar-refractivity contribution in [3.8, 4) is 0 Å². The molecule has 1 aromatic carbocycles. The summed E-state index contributed by atoms with van der Waals surface area (Å²) in [4.78, 5) is 1.98. The Kier molecular flexibility index (Phi) is 6.09. The van der Waals surface area contributed by atoms with E-state index in [9.17, 15) is 4.39 Å². The fraction of sp³-hybridized carbons (Fsp3) is 0.571. The average molecular weight is 254 g/mol. The predicted molar refractivity (Wildman–Crippen MR) is 73.4 cm³/mol. The van der Waals surface area contributed by atoms with Gasteiger partial charge < -0.3 is 15.4 Å². The quantitative estimate of drug-likeness (QED) is 0.760. The summed E-state index contributed by atoms with van der Waals surface area (Å²) in [5.41, 5.74) is 7.35. The van der Waals surface area contributed by atoms with E-state index >= 15 is 0 Å². The second-order valence-corrected chi connectivity index (χ2v) is 4.24. The third kappa shape index (κ3) is 3.68. The van der Waals surface area contributed by atoms with Crippen LogP contribution in [0.1, 0.15) is 32.4 Å². The lowest BCUT2D eigenvalue weighted by Gasteiger charge is -2.27. The summed E-state index contributed by atoms with van der Waals surface area (Å²) in [6, 6.07) is 4.88. The van der Waals surface area contributed by atoms with Gasteiger partial charge in [-0.05, 0) is 32.4 Å². The molecule has 0 aliphatic rings. The lowest BCUT2D eigenvalue weighted by Crippen LogP contribution is -2.30. The predicted octanol–water partition coefficient (Wildman–Crippen LogP) is 2.71. The molecule has 18 heavy (non-hydrogen) atoms. The maximum Gasteiger partial charge on any atom is 0.146 e. The van der Waals surface area contributed by atoms with Crippen molar-refractivity contribution in [3.05, 3.63) is 29.6 Å². The summed E-state index contributed by atoms with van der Waals surface area (Å²) in [5.74, 6) is -0.219. The number of rotatable bonds is 7. The molecule has 0 unspecified atom stereocenters. The maximum atomic E-state index is 14.0. The first-order valence-corrected chi connectivity index (χ1v) is 6.48.